The molecular formula is C14H15BrClN3. The van der Waals surface area contributed by atoms with Crippen LogP contribution in [0.4, 0.5) is 0 Å². The molecule has 0 saturated heterocycles. The Morgan fingerprint density at radius 1 is 1.37 bits per heavy atom. The first-order chi connectivity index (χ1) is 9.24. The smallest absolute Gasteiger partial charge is 0.0802 e. The fourth-order valence-electron chi connectivity index (χ4n) is 1.87. The molecule has 0 aliphatic heterocycles. The molecule has 1 atom stereocenters. The fourth-order valence-corrected chi connectivity index (χ4v) is 2.48. The lowest BCUT2D eigenvalue weighted by Crippen LogP contribution is -2.24. The van der Waals surface area contributed by atoms with E-state index in [4.69, 9.17) is 11.6 Å². The number of nitrogens with zero attached hydrogens (tertiary/aromatic N) is 2. The van der Waals surface area contributed by atoms with Crippen LogP contribution in [0.25, 0.3) is 0 Å². The third kappa shape index (κ3) is 3.53. The largest absolute Gasteiger partial charge is 0.305 e. The Hall–Kier alpha value is -0.970. The molecule has 0 spiro atoms. The zero-order chi connectivity index (χ0) is 13.7. The maximum Gasteiger partial charge on any atom is 0.0802 e. The summed E-state index contributed by atoms with van der Waals surface area (Å²) in [5.74, 6) is 0. The standard InChI is InChI=1S/C14H15BrClN3/c1-2-6-19-14(12-9-17-7-8-18-12)10-4-3-5-11(15)13(10)16/h3-5,7-9,14,19H,2,6H2,1H3. The first-order valence-electron chi connectivity index (χ1n) is 6.17. The van der Waals surface area contributed by atoms with Crippen molar-refractivity contribution < 1.29 is 0 Å². The van der Waals surface area contributed by atoms with E-state index < -0.39 is 0 Å². The Labute approximate surface area is 126 Å². The van der Waals surface area contributed by atoms with E-state index in [2.05, 4.69) is 38.1 Å². The van der Waals surface area contributed by atoms with Crippen LogP contribution in [0.5, 0.6) is 0 Å². The lowest BCUT2D eigenvalue weighted by atomic mass is 10.0. The van der Waals surface area contributed by atoms with Crippen molar-refractivity contribution in [3.8, 4) is 0 Å². The molecule has 5 heteroatoms. The van der Waals surface area contributed by atoms with Crippen molar-refractivity contribution in [1.82, 2.24) is 15.3 Å². The van der Waals surface area contributed by atoms with Gasteiger partial charge in [-0.2, -0.15) is 0 Å². The topological polar surface area (TPSA) is 37.8 Å². The predicted molar refractivity (Wildman–Crippen MR) is 81.3 cm³/mol. The highest BCUT2D eigenvalue weighted by molar-refractivity contribution is 9.10. The van der Waals surface area contributed by atoms with E-state index in [0.717, 1.165) is 28.7 Å². The van der Waals surface area contributed by atoms with Gasteiger partial charge in [0.05, 0.1) is 23.0 Å². The summed E-state index contributed by atoms with van der Waals surface area (Å²) in [6.07, 6.45) is 6.18. The van der Waals surface area contributed by atoms with Gasteiger partial charge in [-0.05, 0) is 40.5 Å². The second kappa shape index (κ2) is 6.98. The van der Waals surface area contributed by atoms with Crippen molar-refractivity contribution in [3.63, 3.8) is 0 Å². The van der Waals surface area contributed by atoms with Crippen molar-refractivity contribution in [1.29, 1.82) is 0 Å². The fraction of sp³-hybridized carbons (Fsp3) is 0.286. The zero-order valence-electron chi connectivity index (χ0n) is 10.6. The summed E-state index contributed by atoms with van der Waals surface area (Å²) in [7, 11) is 0. The van der Waals surface area contributed by atoms with Gasteiger partial charge < -0.3 is 5.32 Å². The van der Waals surface area contributed by atoms with Gasteiger partial charge in [0.15, 0.2) is 0 Å². The number of hydrogen-bond acceptors (Lipinski definition) is 3. The molecule has 1 unspecified atom stereocenters. The number of halogens is 2. The molecule has 0 radical (unpaired) electrons. The van der Waals surface area contributed by atoms with E-state index in [1.165, 1.54) is 0 Å². The van der Waals surface area contributed by atoms with Crippen LogP contribution in [0.15, 0.2) is 41.3 Å². The number of benzene rings is 1. The van der Waals surface area contributed by atoms with Gasteiger partial charge in [-0.15, -0.1) is 0 Å². The molecule has 0 amide bonds. The molecule has 1 heterocycles. The van der Waals surface area contributed by atoms with Gasteiger partial charge in [0, 0.05) is 16.9 Å². The van der Waals surface area contributed by atoms with Gasteiger partial charge in [0.2, 0.25) is 0 Å². The Bertz CT molecular complexity index is 533. The van der Waals surface area contributed by atoms with Gasteiger partial charge in [-0.3, -0.25) is 9.97 Å². The average molecular weight is 341 g/mol. The van der Waals surface area contributed by atoms with Crippen LogP contribution in [0.3, 0.4) is 0 Å². The maximum atomic E-state index is 6.38. The summed E-state index contributed by atoms with van der Waals surface area (Å²) in [6.45, 7) is 3.02. The summed E-state index contributed by atoms with van der Waals surface area (Å²) >= 11 is 9.84. The number of nitrogens with one attached hydrogen (secondary N) is 1. The molecule has 3 nitrogen and oxygen atoms in total. The van der Waals surface area contributed by atoms with Crippen LogP contribution in [0, 0.1) is 0 Å². The minimum absolute atomic E-state index is 0.0429. The quantitative estimate of drug-likeness (QED) is 0.894. The van der Waals surface area contributed by atoms with E-state index >= 15 is 0 Å². The van der Waals surface area contributed by atoms with Crippen molar-refractivity contribution >= 4 is 27.5 Å². The first kappa shape index (κ1) is 14.4. The van der Waals surface area contributed by atoms with E-state index in [1.54, 1.807) is 18.6 Å². The van der Waals surface area contributed by atoms with Crippen LogP contribution in [0.2, 0.25) is 5.02 Å². The van der Waals surface area contributed by atoms with E-state index in [9.17, 15) is 0 Å². The zero-order valence-corrected chi connectivity index (χ0v) is 12.9. The molecular weight excluding hydrogens is 326 g/mol. The minimum Gasteiger partial charge on any atom is -0.305 e. The van der Waals surface area contributed by atoms with Crippen LogP contribution in [-0.2, 0) is 0 Å². The lowest BCUT2D eigenvalue weighted by molar-refractivity contribution is 0.584. The summed E-state index contributed by atoms with van der Waals surface area (Å²) in [6, 6.07) is 5.87. The van der Waals surface area contributed by atoms with Crippen molar-refractivity contribution in [3.05, 3.63) is 57.5 Å². The van der Waals surface area contributed by atoms with E-state index in [1.807, 2.05) is 18.2 Å². The van der Waals surface area contributed by atoms with Gasteiger partial charge in [0.1, 0.15) is 0 Å². The molecule has 0 fully saturated rings. The second-order valence-electron chi connectivity index (χ2n) is 4.16. The molecule has 0 aliphatic rings. The second-order valence-corrected chi connectivity index (χ2v) is 5.39. The van der Waals surface area contributed by atoms with Crippen LogP contribution >= 0.6 is 27.5 Å². The first-order valence-corrected chi connectivity index (χ1v) is 7.34. The molecule has 100 valence electrons. The third-order valence-electron chi connectivity index (χ3n) is 2.77. The van der Waals surface area contributed by atoms with Crippen molar-refractivity contribution in [2.75, 3.05) is 6.54 Å². The van der Waals surface area contributed by atoms with Crippen LogP contribution in [-0.4, -0.2) is 16.5 Å². The molecule has 2 aromatic rings. The Balaban J connectivity index is 2.40. The van der Waals surface area contributed by atoms with Crippen LogP contribution in [0.1, 0.15) is 30.6 Å². The average Bonchev–Trinajstić information content (AvgIpc) is 2.45. The molecule has 1 N–H and O–H groups in total. The predicted octanol–water partition coefficient (Wildman–Crippen LogP) is 3.98. The minimum atomic E-state index is -0.0429. The highest BCUT2D eigenvalue weighted by Gasteiger charge is 2.18. The van der Waals surface area contributed by atoms with Crippen molar-refractivity contribution in [2.45, 2.75) is 19.4 Å². The molecule has 0 aliphatic carbocycles. The molecule has 1 aromatic heterocycles. The molecule has 0 bridgehead atoms. The number of hydrogen-bond donors (Lipinski definition) is 1. The van der Waals surface area contributed by atoms with Gasteiger partial charge in [0.25, 0.3) is 0 Å². The number of rotatable bonds is 5. The highest BCUT2D eigenvalue weighted by Crippen LogP contribution is 2.32. The Kier molecular flexibility index (Phi) is 5.31. The molecule has 0 saturated carbocycles. The van der Waals surface area contributed by atoms with E-state index in [0.29, 0.717) is 5.02 Å². The monoisotopic (exact) mass is 339 g/mol. The maximum absolute atomic E-state index is 6.38. The Morgan fingerprint density at radius 3 is 2.89 bits per heavy atom. The van der Waals surface area contributed by atoms with Gasteiger partial charge in [-0.1, -0.05) is 30.7 Å². The van der Waals surface area contributed by atoms with E-state index in [-0.39, 0.29) is 6.04 Å². The summed E-state index contributed by atoms with van der Waals surface area (Å²) in [4.78, 5) is 8.51. The van der Waals surface area contributed by atoms with Crippen molar-refractivity contribution in [2.24, 2.45) is 0 Å². The molecule has 1 aromatic carbocycles. The lowest BCUT2D eigenvalue weighted by Gasteiger charge is -2.19. The normalized spacial score (nSPS) is 12.4. The molecule has 19 heavy (non-hydrogen) atoms. The highest BCUT2D eigenvalue weighted by atomic mass is 79.9. The summed E-state index contributed by atoms with van der Waals surface area (Å²) < 4.78 is 0.888. The Morgan fingerprint density at radius 2 is 2.21 bits per heavy atom. The summed E-state index contributed by atoms with van der Waals surface area (Å²) in [5, 5.41) is 4.17. The van der Waals surface area contributed by atoms with Gasteiger partial charge >= 0.3 is 0 Å². The molecule has 2 rings (SSSR count). The third-order valence-corrected chi connectivity index (χ3v) is 4.08. The number of aromatic nitrogens is 2. The van der Waals surface area contributed by atoms with Crippen LogP contribution < -0.4 is 5.32 Å². The summed E-state index contributed by atoms with van der Waals surface area (Å²) in [5.41, 5.74) is 1.88. The SMILES string of the molecule is CCCNC(c1cnccn1)c1cccc(Br)c1Cl. The van der Waals surface area contributed by atoms with Gasteiger partial charge in [-0.25, -0.2) is 0 Å².